The minimum atomic E-state index is -0.619. The molecule has 1 heterocycles. The van der Waals surface area contributed by atoms with Crippen LogP contribution in [0.4, 0.5) is 27.5 Å². The molecule has 134 valence electrons. The van der Waals surface area contributed by atoms with Crippen LogP contribution in [-0.4, -0.2) is 17.1 Å². The lowest BCUT2D eigenvalue weighted by atomic mass is 10.3. The molecule has 9 heteroatoms. The van der Waals surface area contributed by atoms with E-state index in [9.17, 15) is 4.39 Å². The van der Waals surface area contributed by atoms with Gasteiger partial charge in [0.05, 0.1) is 18.3 Å². The van der Waals surface area contributed by atoms with Crippen LogP contribution in [0.3, 0.4) is 0 Å². The summed E-state index contributed by atoms with van der Waals surface area (Å²) in [4.78, 5) is 8.04. The second kappa shape index (κ2) is 7.95. The molecule has 0 amide bonds. The molecule has 0 saturated carbocycles. The molecule has 5 nitrogen and oxygen atoms in total. The Kier molecular flexibility index (Phi) is 5.66. The third-order valence-electron chi connectivity index (χ3n) is 3.28. The molecule has 3 aromatic rings. The predicted octanol–water partition coefficient (Wildman–Crippen LogP) is 6.07. The summed E-state index contributed by atoms with van der Waals surface area (Å²) < 4.78 is 19.1. The van der Waals surface area contributed by atoms with E-state index < -0.39 is 5.82 Å². The number of aromatic nitrogens is 2. The lowest BCUT2D eigenvalue weighted by molar-refractivity contribution is 0.415. The Morgan fingerprint density at radius 1 is 0.962 bits per heavy atom. The van der Waals surface area contributed by atoms with E-state index in [1.54, 1.807) is 36.4 Å². The van der Waals surface area contributed by atoms with E-state index in [0.717, 1.165) is 6.20 Å². The molecule has 0 spiro atoms. The number of benzene rings is 2. The molecule has 0 atom stereocenters. The van der Waals surface area contributed by atoms with Crippen molar-refractivity contribution in [3.63, 3.8) is 0 Å². The molecular weight excluding hydrogens is 402 g/mol. The standard InChI is InChI=1S/C17H12Cl3FN4O/c1-26-15-3-2-11(7-13(15)20)23-16-14(21)8-22-17(25-16)24-12-5-9(18)4-10(19)6-12/h2-8H,1H3,(H2,22,23,24,25). The van der Waals surface area contributed by atoms with Gasteiger partial charge < -0.3 is 15.4 Å². The lowest BCUT2D eigenvalue weighted by Crippen LogP contribution is -2.03. The fourth-order valence-corrected chi connectivity index (χ4v) is 2.93. The molecule has 0 unspecified atom stereocenters. The van der Waals surface area contributed by atoms with E-state index in [-0.39, 0.29) is 11.8 Å². The fraction of sp³-hybridized carbons (Fsp3) is 0.0588. The molecule has 3 rings (SSSR count). The van der Waals surface area contributed by atoms with Crippen molar-refractivity contribution in [3.8, 4) is 5.75 Å². The van der Waals surface area contributed by atoms with Gasteiger partial charge in [0.15, 0.2) is 11.6 Å². The molecule has 0 aliphatic heterocycles. The van der Waals surface area contributed by atoms with Crippen LogP contribution in [0.1, 0.15) is 0 Å². The summed E-state index contributed by atoms with van der Waals surface area (Å²) in [6.45, 7) is 0. The summed E-state index contributed by atoms with van der Waals surface area (Å²) in [5, 5.41) is 7.07. The van der Waals surface area contributed by atoms with Crippen molar-refractivity contribution in [2.75, 3.05) is 17.7 Å². The quantitative estimate of drug-likeness (QED) is 0.531. The van der Waals surface area contributed by atoms with Crippen LogP contribution in [0.25, 0.3) is 0 Å². The second-order valence-corrected chi connectivity index (χ2v) is 6.43. The van der Waals surface area contributed by atoms with E-state index in [2.05, 4.69) is 20.6 Å². The van der Waals surface area contributed by atoms with Gasteiger partial charge in [0.25, 0.3) is 0 Å². The molecule has 0 radical (unpaired) electrons. The average molecular weight is 414 g/mol. The molecule has 2 aromatic carbocycles. The highest BCUT2D eigenvalue weighted by molar-refractivity contribution is 6.35. The van der Waals surface area contributed by atoms with Crippen molar-refractivity contribution in [1.29, 1.82) is 0 Å². The van der Waals surface area contributed by atoms with Crippen LogP contribution >= 0.6 is 34.8 Å². The summed E-state index contributed by atoms with van der Waals surface area (Å²) >= 11 is 18.0. The van der Waals surface area contributed by atoms with Gasteiger partial charge in [-0.2, -0.15) is 4.98 Å². The Morgan fingerprint density at radius 2 is 1.69 bits per heavy atom. The first kappa shape index (κ1) is 18.5. The number of rotatable bonds is 5. The normalized spacial score (nSPS) is 10.5. The molecule has 1 aromatic heterocycles. The van der Waals surface area contributed by atoms with Gasteiger partial charge >= 0.3 is 0 Å². The molecule has 0 bridgehead atoms. The number of halogens is 4. The van der Waals surface area contributed by atoms with Crippen molar-refractivity contribution in [2.45, 2.75) is 0 Å². The number of hydrogen-bond acceptors (Lipinski definition) is 5. The Labute approximate surface area is 164 Å². The highest BCUT2D eigenvalue weighted by atomic mass is 35.5. The van der Waals surface area contributed by atoms with Gasteiger partial charge in [-0.05, 0) is 36.4 Å². The number of anilines is 4. The van der Waals surface area contributed by atoms with Crippen molar-refractivity contribution >= 4 is 57.9 Å². The molecule has 26 heavy (non-hydrogen) atoms. The molecule has 2 N–H and O–H groups in total. The van der Waals surface area contributed by atoms with Crippen LogP contribution in [0.15, 0.2) is 42.6 Å². The Hall–Kier alpha value is -2.28. The largest absolute Gasteiger partial charge is 0.495 e. The topological polar surface area (TPSA) is 59.1 Å². The smallest absolute Gasteiger partial charge is 0.229 e. The minimum Gasteiger partial charge on any atom is -0.495 e. The van der Waals surface area contributed by atoms with E-state index in [1.807, 2.05) is 0 Å². The summed E-state index contributed by atoms with van der Waals surface area (Å²) in [6, 6.07) is 9.85. The number of nitrogens with one attached hydrogen (secondary N) is 2. The SMILES string of the molecule is COc1ccc(Nc2nc(Nc3cc(Cl)cc(Cl)c3)ncc2F)cc1Cl. The van der Waals surface area contributed by atoms with Crippen LogP contribution in [0.2, 0.25) is 15.1 Å². The zero-order valence-corrected chi connectivity index (χ0v) is 15.6. The molecule has 0 aliphatic carbocycles. The van der Waals surface area contributed by atoms with Crippen molar-refractivity contribution in [1.82, 2.24) is 9.97 Å². The van der Waals surface area contributed by atoms with E-state index in [1.165, 1.54) is 7.11 Å². The van der Waals surface area contributed by atoms with Gasteiger partial charge in [0, 0.05) is 21.4 Å². The van der Waals surface area contributed by atoms with Crippen LogP contribution in [-0.2, 0) is 0 Å². The molecular formula is C17H12Cl3FN4O. The Bertz CT molecular complexity index is 935. The Morgan fingerprint density at radius 3 is 2.35 bits per heavy atom. The summed E-state index contributed by atoms with van der Waals surface area (Å²) in [5.74, 6) is 0.0517. The van der Waals surface area contributed by atoms with Gasteiger partial charge in [-0.3, -0.25) is 0 Å². The maximum absolute atomic E-state index is 14.1. The molecule has 0 aliphatic rings. The number of ether oxygens (including phenoxy) is 1. The summed E-state index contributed by atoms with van der Waals surface area (Å²) in [7, 11) is 1.51. The van der Waals surface area contributed by atoms with Gasteiger partial charge in [-0.25, -0.2) is 9.37 Å². The third-order valence-corrected chi connectivity index (χ3v) is 4.01. The highest BCUT2D eigenvalue weighted by Crippen LogP contribution is 2.29. The van der Waals surface area contributed by atoms with E-state index in [4.69, 9.17) is 39.5 Å². The van der Waals surface area contributed by atoms with Crippen LogP contribution < -0.4 is 15.4 Å². The third kappa shape index (κ3) is 4.46. The summed E-state index contributed by atoms with van der Waals surface area (Å²) in [6.07, 6.45) is 1.05. The van der Waals surface area contributed by atoms with Gasteiger partial charge in [-0.1, -0.05) is 34.8 Å². The first-order valence-corrected chi connectivity index (χ1v) is 8.44. The van der Waals surface area contributed by atoms with Crippen LogP contribution in [0, 0.1) is 5.82 Å². The zero-order valence-electron chi connectivity index (χ0n) is 13.4. The van der Waals surface area contributed by atoms with Crippen LogP contribution in [0.5, 0.6) is 5.75 Å². The fourth-order valence-electron chi connectivity index (χ4n) is 2.15. The van der Waals surface area contributed by atoms with E-state index >= 15 is 0 Å². The van der Waals surface area contributed by atoms with Gasteiger partial charge in [-0.15, -0.1) is 0 Å². The number of hydrogen-bond donors (Lipinski definition) is 2. The number of methoxy groups -OCH3 is 1. The minimum absolute atomic E-state index is 0.0168. The summed E-state index contributed by atoms with van der Waals surface area (Å²) in [5.41, 5.74) is 1.12. The zero-order chi connectivity index (χ0) is 18.7. The number of nitrogens with zero attached hydrogens (tertiary/aromatic N) is 2. The van der Waals surface area contributed by atoms with Gasteiger partial charge in [0.1, 0.15) is 5.75 Å². The van der Waals surface area contributed by atoms with Gasteiger partial charge in [0.2, 0.25) is 5.95 Å². The molecule has 0 saturated heterocycles. The van der Waals surface area contributed by atoms with E-state index in [0.29, 0.717) is 32.2 Å². The first-order valence-electron chi connectivity index (χ1n) is 7.31. The maximum Gasteiger partial charge on any atom is 0.229 e. The lowest BCUT2D eigenvalue weighted by Gasteiger charge is -2.11. The van der Waals surface area contributed by atoms with Crippen molar-refractivity contribution in [3.05, 3.63) is 63.5 Å². The van der Waals surface area contributed by atoms with Crippen molar-refractivity contribution < 1.29 is 9.13 Å². The predicted molar refractivity (Wildman–Crippen MR) is 103 cm³/mol. The average Bonchev–Trinajstić information content (AvgIpc) is 2.57. The Balaban J connectivity index is 1.84. The monoisotopic (exact) mass is 412 g/mol. The second-order valence-electron chi connectivity index (χ2n) is 5.15. The maximum atomic E-state index is 14.1. The van der Waals surface area contributed by atoms with Crippen molar-refractivity contribution in [2.24, 2.45) is 0 Å². The highest BCUT2D eigenvalue weighted by Gasteiger charge is 2.10. The first-order chi connectivity index (χ1) is 12.4. The molecule has 0 fully saturated rings.